The lowest BCUT2D eigenvalue weighted by molar-refractivity contribution is 0.0767. The Hall–Kier alpha value is -2.43. The molecule has 0 aliphatic carbocycles. The summed E-state index contributed by atoms with van der Waals surface area (Å²) in [5.41, 5.74) is 1.91. The molecule has 0 bridgehead atoms. The summed E-state index contributed by atoms with van der Waals surface area (Å²) in [6.07, 6.45) is 2.19. The van der Waals surface area contributed by atoms with Gasteiger partial charge in [0.15, 0.2) is 0 Å². The van der Waals surface area contributed by atoms with Crippen LogP contribution in [0.3, 0.4) is 0 Å². The van der Waals surface area contributed by atoms with Gasteiger partial charge in [0.1, 0.15) is 11.5 Å². The quantitative estimate of drug-likeness (QED) is 0.852. The standard InChI is InChI=1S/C18H22FN3O/c1-3-22(4-2)18(23)17-13-15(10-12-21-17)20-11-9-14-7-5-6-8-16(14)19/h5-8,10,12-13H,3-4,9,11H2,1-2H3,(H,20,21). The molecule has 1 heterocycles. The molecule has 2 aromatic rings. The zero-order chi connectivity index (χ0) is 16.7. The number of nitrogens with zero attached hydrogens (tertiary/aromatic N) is 2. The summed E-state index contributed by atoms with van der Waals surface area (Å²) in [6, 6.07) is 10.3. The number of rotatable bonds is 7. The maximum Gasteiger partial charge on any atom is 0.272 e. The number of hydrogen-bond donors (Lipinski definition) is 1. The molecule has 1 amide bonds. The number of halogens is 1. The molecule has 0 fully saturated rings. The summed E-state index contributed by atoms with van der Waals surface area (Å²) in [5, 5.41) is 3.21. The molecule has 4 nitrogen and oxygen atoms in total. The Kier molecular flexibility index (Phi) is 6.09. The first-order valence-electron chi connectivity index (χ1n) is 7.88. The molecule has 23 heavy (non-hydrogen) atoms. The number of aromatic nitrogens is 1. The third kappa shape index (κ3) is 4.52. The molecule has 1 aromatic heterocycles. The summed E-state index contributed by atoms with van der Waals surface area (Å²) in [4.78, 5) is 18.2. The van der Waals surface area contributed by atoms with Crippen molar-refractivity contribution in [1.82, 2.24) is 9.88 Å². The van der Waals surface area contributed by atoms with E-state index in [9.17, 15) is 9.18 Å². The molecule has 5 heteroatoms. The predicted molar refractivity (Wildman–Crippen MR) is 90.1 cm³/mol. The van der Waals surface area contributed by atoms with Crippen molar-refractivity contribution >= 4 is 11.6 Å². The van der Waals surface area contributed by atoms with Gasteiger partial charge in [-0.05, 0) is 44.0 Å². The SMILES string of the molecule is CCN(CC)C(=O)c1cc(NCCc2ccccc2F)ccn1. The van der Waals surface area contributed by atoms with Gasteiger partial charge in [-0.3, -0.25) is 9.78 Å². The Morgan fingerprint density at radius 1 is 1.22 bits per heavy atom. The van der Waals surface area contributed by atoms with Crippen LogP contribution in [0.2, 0.25) is 0 Å². The zero-order valence-corrected chi connectivity index (χ0v) is 13.6. The third-order valence-electron chi connectivity index (χ3n) is 3.71. The van der Waals surface area contributed by atoms with Crippen LogP contribution in [0.1, 0.15) is 29.9 Å². The van der Waals surface area contributed by atoms with E-state index in [0.29, 0.717) is 37.3 Å². The summed E-state index contributed by atoms with van der Waals surface area (Å²) in [6.45, 7) is 5.78. The van der Waals surface area contributed by atoms with Gasteiger partial charge in [-0.2, -0.15) is 0 Å². The molecule has 122 valence electrons. The lowest BCUT2D eigenvalue weighted by Gasteiger charge is -2.18. The van der Waals surface area contributed by atoms with Gasteiger partial charge in [0.05, 0.1) is 0 Å². The van der Waals surface area contributed by atoms with Crippen LogP contribution in [0.15, 0.2) is 42.6 Å². The Balaban J connectivity index is 1.98. The number of benzene rings is 1. The van der Waals surface area contributed by atoms with E-state index in [1.54, 1.807) is 35.4 Å². The Labute approximate surface area is 136 Å². The van der Waals surface area contributed by atoms with E-state index in [1.165, 1.54) is 6.07 Å². The van der Waals surface area contributed by atoms with Gasteiger partial charge in [0.2, 0.25) is 0 Å². The predicted octanol–water partition coefficient (Wildman–Crippen LogP) is 3.36. The smallest absolute Gasteiger partial charge is 0.272 e. The molecule has 0 atom stereocenters. The first-order valence-corrected chi connectivity index (χ1v) is 7.88. The van der Waals surface area contributed by atoms with Gasteiger partial charge in [0, 0.05) is 31.5 Å². The van der Waals surface area contributed by atoms with Gasteiger partial charge in [-0.15, -0.1) is 0 Å². The number of amides is 1. The molecule has 1 aromatic carbocycles. The van der Waals surface area contributed by atoms with E-state index in [4.69, 9.17) is 0 Å². The van der Waals surface area contributed by atoms with Crippen molar-refractivity contribution in [3.05, 3.63) is 59.7 Å². The molecule has 0 saturated heterocycles. The van der Waals surface area contributed by atoms with Crippen LogP contribution in [-0.2, 0) is 6.42 Å². The molecular weight excluding hydrogens is 293 g/mol. The van der Waals surface area contributed by atoms with Crippen molar-refractivity contribution in [2.75, 3.05) is 25.0 Å². The minimum absolute atomic E-state index is 0.0762. The fourth-order valence-electron chi connectivity index (χ4n) is 2.37. The second-order valence-electron chi connectivity index (χ2n) is 5.18. The summed E-state index contributed by atoms with van der Waals surface area (Å²) >= 11 is 0. The van der Waals surface area contributed by atoms with Crippen LogP contribution in [0.25, 0.3) is 0 Å². The largest absolute Gasteiger partial charge is 0.385 e. The van der Waals surface area contributed by atoms with Crippen molar-refractivity contribution in [2.24, 2.45) is 0 Å². The molecule has 0 saturated carbocycles. The zero-order valence-electron chi connectivity index (χ0n) is 13.6. The molecule has 2 rings (SSSR count). The molecule has 0 spiro atoms. The van der Waals surface area contributed by atoms with Crippen molar-refractivity contribution in [1.29, 1.82) is 0 Å². The van der Waals surface area contributed by atoms with E-state index < -0.39 is 0 Å². The van der Waals surface area contributed by atoms with Crippen LogP contribution in [0.5, 0.6) is 0 Å². The fourth-order valence-corrected chi connectivity index (χ4v) is 2.37. The van der Waals surface area contributed by atoms with E-state index in [1.807, 2.05) is 19.9 Å². The minimum atomic E-state index is -0.193. The average molecular weight is 315 g/mol. The second-order valence-corrected chi connectivity index (χ2v) is 5.18. The lowest BCUT2D eigenvalue weighted by atomic mass is 10.1. The first-order chi connectivity index (χ1) is 11.2. The van der Waals surface area contributed by atoms with Gasteiger partial charge in [0.25, 0.3) is 5.91 Å². The van der Waals surface area contributed by atoms with Gasteiger partial charge in [-0.25, -0.2) is 4.39 Å². The lowest BCUT2D eigenvalue weighted by Crippen LogP contribution is -2.31. The molecular formula is C18H22FN3O. The number of nitrogens with one attached hydrogen (secondary N) is 1. The number of pyridine rings is 1. The van der Waals surface area contributed by atoms with E-state index >= 15 is 0 Å². The number of anilines is 1. The molecule has 0 radical (unpaired) electrons. The normalized spacial score (nSPS) is 10.4. The molecule has 0 aliphatic heterocycles. The van der Waals surface area contributed by atoms with Crippen molar-refractivity contribution < 1.29 is 9.18 Å². The minimum Gasteiger partial charge on any atom is -0.385 e. The highest BCUT2D eigenvalue weighted by Crippen LogP contribution is 2.12. The number of carbonyl (C=O) groups is 1. The van der Waals surface area contributed by atoms with Crippen molar-refractivity contribution in [2.45, 2.75) is 20.3 Å². The molecule has 1 N–H and O–H groups in total. The summed E-state index contributed by atoms with van der Waals surface area (Å²) in [5.74, 6) is -0.269. The van der Waals surface area contributed by atoms with Crippen molar-refractivity contribution in [3.63, 3.8) is 0 Å². The van der Waals surface area contributed by atoms with Crippen LogP contribution in [0.4, 0.5) is 10.1 Å². The van der Waals surface area contributed by atoms with Crippen LogP contribution >= 0.6 is 0 Å². The van der Waals surface area contributed by atoms with Gasteiger partial charge >= 0.3 is 0 Å². The highest BCUT2D eigenvalue weighted by atomic mass is 19.1. The van der Waals surface area contributed by atoms with Crippen LogP contribution < -0.4 is 5.32 Å². The number of hydrogen-bond acceptors (Lipinski definition) is 3. The monoisotopic (exact) mass is 315 g/mol. The number of carbonyl (C=O) groups excluding carboxylic acids is 1. The van der Waals surface area contributed by atoms with Crippen LogP contribution in [-0.4, -0.2) is 35.4 Å². The molecule has 0 unspecified atom stereocenters. The van der Waals surface area contributed by atoms with E-state index in [2.05, 4.69) is 10.3 Å². The Bertz CT molecular complexity index is 656. The van der Waals surface area contributed by atoms with Crippen LogP contribution in [0, 0.1) is 5.82 Å². The second kappa shape index (κ2) is 8.27. The summed E-state index contributed by atoms with van der Waals surface area (Å²) < 4.78 is 13.6. The first kappa shape index (κ1) is 16.9. The van der Waals surface area contributed by atoms with E-state index in [-0.39, 0.29) is 11.7 Å². The van der Waals surface area contributed by atoms with E-state index in [0.717, 1.165) is 5.69 Å². The maximum atomic E-state index is 13.6. The maximum absolute atomic E-state index is 13.6. The summed E-state index contributed by atoms with van der Waals surface area (Å²) in [7, 11) is 0. The Morgan fingerprint density at radius 2 is 1.96 bits per heavy atom. The average Bonchev–Trinajstić information content (AvgIpc) is 2.58. The molecule has 0 aliphatic rings. The topological polar surface area (TPSA) is 45.2 Å². The fraction of sp³-hybridized carbons (Fsp3) is 0.333. The van der Waals surface area contributed by atoms with Gasteiger partial charge < -0.3 is 10.2 Å². The highest BCUT2D eigenvalue weighted by molar-refractivity contribution is 5.93. The highest BCUT2D eigenvalue weighted by Gasteiger charge is 2.14. The third-order valence-corrected chi connectivity index (χ3v) is 3.71. The van der Waals surface area contributed by atoms with Crippen molar-refractivity contribution in [3.8, 4) is 0 Å². The van der Waals surface area contributed by atoms with Gasteiger partial charge in [-0.1, -0.05) is 18.2 Å². The Morgan fingerprint density at radius 3 is 2.65 bits per heavy atom.